The lowest BCUT2D eigenvalue weighted by atomic mass is 9.97. The lowest BCUT2D eigenvalue weighted by Crippen LogP contribution is -1.96. The van der Waals surface area contributed by atoms with E-state index in [1.54, 1.807) is 0 Å². The Morgan fingerprint density at radius 3 is 2.00 bits per heavy atom. The first-order valence-corrected chi connectivity index (χ1v) is 11.0. The summed E-state index contributed by atoms with van der Waals surface area (Å²) in [5, 5.41) is 5.79. The number of rotatable bonds is 2. The maximum atomic E-state index is 5.10. The monoisotopic (exact) mass is 460 g/mol. The molecule has 5 aromatic carbocycles. The van der Waals surface area contributed by atoms with Crippen molar-refractivity contribution < 1.29 is 0 Å². The summed E-state index contributed by atoms with van der Waals surface area (Å²) in [7, 11) is 0. The second-order valence-corrected chi connectivity index (χ2v) is 8.53. The molecular formula is C28H17BrN2. The predicted octanol–water partition coefficient (Wildman–Crippen LogP) is 8.03. The highest BCUT2D eigenvalue weighted by Crippen LogP contribution is 2.36. The minimum atomic E-state index is 0.735. The molecule has 0 atom stereocenters. The van der Waals surface area contributed by atoms with Crippen molar-refractivity contribution in [2.45, 2.75) is 0 Å². The highest BCUT2D eigenvalue weighted by atomic mass is 79.9. The summed E-state index contributed by atoms with van der Waals surface area (Å²) in [5.74, 6) is 0.735. The molecule has 0 aliphatic rings. The molecule has 0 amide bonds. The Bertz CT molecular complexity index is 1580. The Morgan fingerprint density at radius 1 is 0.516 bits per heavy atom. The van der Waals surface area contributed by atoms with Gasteiger partial charge in [0.2, 0.25) is 0 Å². The van der Waals surface area contributed by atoms with E-state index in [9.17, 15) is 0 Å². The van der Waals surface area contributed by atoms with Gasteiger partial charge in [-0.25, -0.2) is 9.97 Å². The fraction of sp³-hybridized carbons (Fsp3) is 0. The van der Waals surface area contributed by atoms with Gasteiger partial charge in [-0.3, -0.25) is 0 Å². The number of hydrogen-bond acceptors (Lipinski definition) is 2. The Kier molecular flexibility index (Phi) is 4.29. The van der Waals surface area contributed by atoms with Crippen LogP contribution in [0.3, 0.4) is 0 Å². The maximum Gasteiger partial charge on any atom is 0.160 e. The van der Waals surface area contributed by atoms with Crippen LogP contribution in [0.1, 0.15) is 0 Å². The number of hydrogen-bond donors (Lipinski definition) is 0. The van der Waals surface area contributed by atoms with Gasteiger partial charge in [-0.05, 0) is 34.4 Å². The minimum absolute atomic E-state index is 0.735. The van der Waals surface area contributed by atoms with Crippen molar-refractivity contribution in [2.24, 2.45) is 0 Å². The van der Waals surface area contributed by atoms with Gasteiger partial charge in [-0.1, -0.05) is 101 Å². The molecule has 0 N–H and O–H groups in total. The van der Waals surface area contributed by atoms with Gasteiger partial charge in [0, 0.05) is 26.4 Å². The van der Waals surface area contributed by atoms with Crippen LogP contribution in [0, 0.1) is 0 Å². The molecule has 0 bridgehead atoms. The SMILES string of the molecule is Brc1ccc(-c2nc(-c3cccc4ccccc34)c3ccc4ccccc4c3n2)cc1. The first-order valence-electron chi connectivity index (χ1n) is 10.2. The average Bonchev–Trinajstić information content (AvgIpc) is 2.83. The molecule has 0 aliphatic carbocycles. The highest BCUT2D eigenvalue weighted by molar-refractivity contribution is 9.10. The van der Waals surface area contributed by atoms with Crippen molar-refractivity contribution in [3.05, 3.63) is 108 Å². The summed E-state index contributed by atoms with van der Waals surface area (Å²) in [6, 6.07) is 35.8. The summed E-state index contributed by atoms with van der Waals surface area (Å²) >= 11 is 3.53. The predicted molar refractivity (Wildman–Crippen MR) is 133 cm³/mol. The van der Waals surface area contributed by atoms with Crippen LogP contribution in [0.5, 0.6) is 0 Å². The van der Waals surface area contributed by atoms with Crippen LogP contribution in [-0.2, 0) is 0 Å². The van der Waals surface area contributed by atoms with Crippen LogP contribution in [0.15, 0.2) is 108 Å². The molecule has 3 heteroatoms. The molecule has 0 aliphatic heterocycles. The summed E-state index contributed by atoms with van der Waals surface area (Å²) in [5.41, 5.74) is 4.07. The lowest BCUT2D eigenvalue weighted by molar-refractivity contribution is 1.23. The molecule has 0 fully saturated rings. The van der Waals surface area contributed by atoms with Crippen molar-refractivity contribution >= 4 is 48.4 Å². The van der Waals surface area contributed by atoms with Gasteiger partial charge < -0.3 is 0 Å². The zero-order valence-corrected chi connectivity index (χ0v) is 18.2. The quantitative estimate of drug-likeness (QED) is 0.244. The largest absolute Gasteiger partial charge is 0.227 e. The lowest BCUT2D eigenvalue weighted by Gasteiger charge is -2.13. The third-order valence-corrected chi connectivity index (χ3v) is 6.27. The Labute approximate surface area is 188 Å². The Morgan fingerprint density at radius 2 is 1.19 bits per heavy atom. The molecule has 2 nitrogen and oxygen atoms in total. The zero-order chi connectivity index (χ0) is 20.8. The van der Waals surface area contributed by atoms with E-state index >= 15 is 0 Å². The van der Waals surface area contributed by atoms with Crippen LogP contribution < -0.4 is 0 Å². The van der Waals surface area contributed by atoms with Gasteiger partial charge in [0.25, 0.3) is 0 Å². The van der Waals surface area contributed by atoms with E-state index in [0.717, 1.165) is 43.4 Å². The van der Waals surface area contributed by atoms with Crippen LogP contribution in [0.25, 0.3) is 55.1 Å². The van der Waals surface area contributed by atoms with Crippen LogP contribution in [-0.4, -0.2) is 9.97 Å². The standard InChI is InChI=1S/C28H17BrN2/c29-21-15-12-20(13-16-21)28-30-26-23-10-4-2-7-19(23)14-17-25(26)27(31-28)24-11-5-8-18-6-1-3-9-22(18)24/h1-17H. The average molecular weight is 461 g/mol. The Hall–Kier alpha value is -3.56. The van der Waals surface area contributed by atoms with Crippen LogP contribution in [0.4, 0.5) is 0 Å². The van der Waals surface area contributed by atoms with Gasteiger partial charge in [0.1, 0.15) is 0 Å². The first-order chi connectivity index (χ1) is 15.3. The molecule has 0 spiro atoms. The van der Waals surface area contributed by atoms with E-state index in [-0.39, 0.29) is 0 Å². The fourth-order valence-corrected chi connectivity index (χ4v) is 4.49. The third-order valence-electron chi connectivity index (χ3n) is 5.74. The molecule has 0 saturated carbocycles. The van der Waals surface area contributed by atoms with Crippen molar-refractivity contribution in [3.8, 4) is 22.6 Å². The normalized spacial score (nSPS) is 11.4. The van der Waals surface area contributed by atoms with E-state index in [1.165, 1.54) is 16.2 Å². The van der Waals surface area contributed by atoms with Crippen LogP contribution >= 0.6 is 15.9 Å². The maximum absolute atomic E-state index is 5.10. The summed E-state index contributed by atoms with van der Waals surface area (Å²) in [4.78, 5) is 10.1. The van der Waals surface area contributed by atoms with Crippen molar-refractivity contribution in [1.82, 2.24) is 9.97 Å². The van der Waals surface area contributed by atoms with Crippen molar-refractivity contribution in [3.63, 3.8) is 0 Å². The Balaban J connectivity index is 1.75. The molecule has 1 aromatic heterocycles. The molecule has 0 saturated heterocycles. The molecule has 146 valence electrons. The molecule has 31 heavy (non-hydrogen) atoms. The molecule has 0 radical (unpaired) electrons. The van der Waals surface area contributed by atoms with Gasteiger partial charge in [0.05, 0.1) is 11.2 Å². The van der Waals surface area contributed by atoms with Crippen molar-refractivity contribution in [2.75, 3.05) is 0 Å². The zero-order valence-electron chi connectivity index (χ0n) is 16.6. The van der Waals surface area contributed by atoms with E-state index in [1.807, 2.05) is 12.1 Å². The summed E-state index contributed by atoms with van der Waals surface area (Å²) < 4.78 is 1.04. The molecule has 0 unspecified atom stereocenters. The summed E-state index contributed by atoms with van der Waals surface area (Å²) in [6.45, 7) is 0. The number of fused-ring (bicyclic) bond motifs is 4. The number of nitrogens with zero attached hydrogens (tertiary/aromatic N) is 2. The molecule has 1 heterocycles. The topological polar surface area (TPSA) is 25.8 Å². The first kappa shape index (κ1) is 18.2. The highest BCUT2D eigenvalue weighted by Gasteiger charge is 2.15. The number of benzene rings is 5. The minimum Gasteiger partial charge on any atom is -0.227 e. The van der Waals surface area contributed by atoms with E-state index in [4.69, 9.17) is 9.97 Å². The number of halogens is 1. The summed E-state index contributed by atoms with van der Waals surface area (Å²) in [6.07, 6.45) is 0. The second kappa shape index (κ2) is 7.29. The molecular weight excluding hydrogens is 444 g/mol. The smallest absolute Gasteiger partial charge is 0.160 e. The third kappa shape index (κ3) is 3.09. The van der Waals surface area contributed by atoms with Crippen molar-refractivity contribution in [1.29, 1.82) is 0 Å². The molecule has 6 aromatic rings. The van der Waals surface area contributed by atoms with Gasteiger partial charge in [-0.15, -0.1) is 0 Å². The number of aromatic nitrogens is 2. The molecule has 6 rings (SSSR count). The van der Waals surface area contributed by atoms with Gasteiger partial charge in [-0.2, -0.15) is 0 Å². The second-order valence-electron chi connectivity index (χ2n) is 7.61. The van der Waals surface area contributed by atoms with Gasteiger partial charge in [0.15, 0.2) is 5.82 Å². The van der Waals surface area contributed by atoms with E-state index < -0.39 is 0 Å². The fourth-order valence-electron chi connectivity index (χ4n) is 4.23. The van der Waals surface area contributed by atoms with Crippen LogP contribution in [0.2, 0.25) is 0 Å². The van der Waals surface area contributed by atoms with E-state index in [2.05, 4.69) is 107 Å². The van der Waals surface area contributed by atoms with Gasteiger partial charge >= 0.3 is 0 Å². The van der Waals surface area contributed by atoms with E-state index in [0.29, 0.717) is 0 Å².